The highest BCUT2D eigenvalue weighted by atomic mass is 32.2. The maximum absolute atomic E-state index is 12.1. The summed E-state index contributed by atoms with van der Waals surface area (Å²) >= 11 is 0. The minimum atomic E-state index is -3.54. The molecule has 1 saturated heterocycles. The summed E-state index contributed by atoms with van der Waals surface area (Å²) in [5, 5.41) is 2.81. The van der Waals surface area contributed by atoms with Crippen LogP contribution in [0.5, 0.6) is 0 Å². The number of ether oxygens (including phenoxy) is 1. The van der Waals surface area contributed by atoms with Gasteiger partial charge in [-0.05, 0) is 49.9 Å². The number of nitrogens with zero attached hydrogens (tertiary/aromatic N) is 1. The zero-order chi connectivity index (χ0) is 17.4. The lowest BCUT2D eigenvalue weighted by Gasteiger charge is -2.26. The molecule has 0 aliphatic carbocycles. The number of urea groups is 1. The molecule has 0 spiro atoms. The maximum atomic E-state index is 12.1. The van der Waals surface area contributed by atoms with E-state index in [1.807, 2.05) is 0 Å². The molecule has 1 aliphatic rings. The summed E-state index contributed by atoms with van der Waals surface area (Å²) in [6.07, 6.45) is 3.83. The van der Waals surface area contributed by atoms with Gasteiger partial charge in [-0.2, -0.15) is 0 Å². The summed E-state index contributed by atoms with van der Waals surface area (Å²) in [5.41, 5.74) is 0.587. The largest absolute Gasteiger partial charge is 0.385 e. The molecule has 2 rings (SSSR count). The first kappa shape index (κ1) is 18.7. The van der Waals surface area contributed by atoms with E-state index in [1.54, 1.807) is 24.1 Å². The van der Waals surface area contributed by atoms with Crippen LogP contribution in [0.4, 0.5) is 10.5 Å². The zero-order valence-electron chi connectivity index (χ0n) is 14.0. The molecule has 0 aromatic heterocycles. The van der Waals surface area contributed by atoms with Gasteiger partial charge >= 0.3 is 6.03 Å². The second-order valence-corrected chi connectivity index (χ2v) is 7.51. The molecule has 2 N–H and O–H groups in total. The minimum Gasteiger partial charge on any atom is -0.385 e. The van der Waals surface area contributed by atoms with E-state index < -0.39 is 10.0 Å². The van der Waals surface area contributed by atoms with Crippen molar-refractivity contribution < 1.29 is 17.9 Å². The number of amides is 2. The lowest BCUT2D eigenvalue weighted by atomic mass is 10.1. The fraction of sp³-hybridized carbons (Fsp3) is 0.562. The number of rotatable bonds is 7. The third-order valence-electron chi connectivity index (χ3n) is 3.88. The SMILES string of the molecule is COCCCNS(=O)(=O)c1ccc(NC(=O)N2CCCCC2)cc1. The van der Waals surface area contributed by atoms with E-state index in [4.69, 9.17) is 4.74 Å². The van der Waals surface area contributed by atoms with Crippen LogP contribution >= 0.6 is 0 Å². The summed E-state index contributed by atoms with van der Waals surface area (Å²) in [6, 6.07) is 6.05. The fourth-order valence-electron chi connectivity index (χ4n) is 2.52. The van der Waals surface area contributed by atoms with Crippen LogP contribution in [0.15, 0.2) is 29.2 Å². The molecule has 134 valence electrons. The predicted octanol–water partition coefficient (Wildman–Crippen LogP) is 2.02. The Morgan fingerprint density at radius 2 is 1.83 bits per heavy atom. The van der Waals surface area contributed by atoms with E-state index in [0.29, 0.717) is 25.3 Å². The van der Waals surface area contributed by atoms with Crippen molar-refractivity contribution >= 4 is 21.7 Å². The molecule has 8 heteroatoms. The van der Waals surface area contributed by atoms with Gasteiger partial charge in [-0.3, -0.25) is 0 Å². The highest BCUT2D eigenvalue weighted by Crippen LogP contribution is 2.16. The molecule has 1 heterocycles. The number of nitrogens with one attached hydrogen (secondary N) is 2. The van der Waals surface area contributed by atoms with Crippen molar-refractivity contribution in [2.45, 2.75) is 30.6 Å². The number of carbonyl (C=O) groups is 1. The van der Waals surface area contributed by atoms with Crippen LogP contribution in [0.25, 0.3) is 0 Å². The second-order valence-electron chi connectivity index (χ2n) is 5.75. The summed E-state index contributed by atoms with van der Waals surface area (Å²) < 4.78 is 31.7. The lowest BCUT2D eigenvalue weighted by molar-refractivity contribution is 0.196. The van der Waals surface area contributed by atoms with Crippen molar-refractivity contribution in [3.05, 3.63) is 24.3 Å². The van der Waals surface area contributed by atoms with Crippen molar-refractivity contribution in [3.8, 4) is 0 Å². The van der Waals surface area contributed by atoms with Gasteiger partial charge in [0.05, 0.1) is 4.90 Å². The Bertz CT molecular complexity index is 625. The maximum Gasteiger partial charge on any atom is 0.321 e. The molecule has 0 saturated carbocycles. The first-order valence-corrected chi connectivity index (χ1v) is 9.66. The van der Waals surface area contributed by atoms with E-state index in [9.17, 15) is 13.2 Å². The number of hydrogen-bond donors (Lipinski definition) is 2. The fourth-order valence-corrected chi connectivity index (χ4v) is 3.60. The van der Waals surface area contributed by atoms with Crippen molar-refractivity contribution in [3.63, 3.8) is 0 Å². The third kappa shape index (κ3) is 5.47. The Morgan fingerprint density at radius 3 is 2.46 bits per heavy atom. The van der Waals surface area contributed by atoms with Crippen molar-refractivity contribution in [2.75, 3.05) is 38.7 Å². The van der Waals surface area contributed by atoms with E-state index >= 15 is 0 Å². The first-order chi connectivity index (χ1) is 11.5. The molecule has 0 atom stereocenters. The summed E-state index contributed by atoms with van der Waals surface area (Å²) in [6.45, 7) is 2.36. The van der Waals surface area contributed by atoms with Gasteiger partial charge in [-0.25, -0.2) is 17.9 Å². The smallest absolute Gasteiger partial charge is 0.321 e. The summed E-state index contributed by atoms with van der Waals surface area (Å²) in [4.78, 5) is 14.1. The topological polar surface area (TPSA) is 87.7 Å². The molecule has 2 amide bonds. The number of sulfonamides is 1. The standard InChI is InChI=1S/C16H25N3O4S/c1-23-13-5-10-17-24(21,22)15-8-6-14(7-9-15)18-16(20)19-11-3-2-4-12-19/h6-9,17H,2-5,10-13H2,1H3,(H,18,20). The summed E-state index contributed by atoms with van der Waals surface area (Å²) in [7, 11) is -1.96. The number of piperidine rings is 1. The Hall–Kier alpha value is -1.64. The van der Waals surface area contributed by atoms with Gasteiger partial charge in [-0.15, -0.1) is 0 Å². The van der Waals surface area contributed by atoms with E-state index in [-0.39, 0.29) is 10.9 Å². The highest BCUT2D eigenvalue weighted by molar-refractivity contribution is 7.89. The Labute approximate surface area is 143 Å². The quantitative estimate of drug-likeness (QED) is 0.733. The molecule has 1 aromatic rings. The molecule has 0 bridgehead atoms. The van der Waals surface area contributed by atoms with Gasteiger partial charge in [0.15, 0.2) is 0 Å². The molecular weight excluding hydrogens is 330 g/mol. The monoisotopic (exact) mass is 355 g/mol. The third-order valence-corrected chi connectivity index (χ3v) is 5.35. The van der Waals surface area contributed by atoms with Crippen LogP contribution in [0, 0.1) is 0 Å². The zero-order valence-corrected chi connectivity index (χ0v) is 14.8. The van der Waals surface area contributed by atoms with E-state index in [0.717, 1.165) is 32.4 Å². The van der Waals surface area contributed by atoms with Crippen LogP contribution in [0.3, 0.4) is 0 Å². The van der Waals surface area contributed by atoms with Crippen LogP contribution in [-0.4, -0.2) is 52.7 Å². The molecule has 1 aliphatic heterocycles. The molecule has 0 radical (unpaired) electrons. The van der Waals surface area contributed by atoms with Gasteiger partial charge in [0.2, 0.25) is 10.0 Å². The summed E-state index contributed by atoms with van der Waals surface area (Å²) in [5.74, 6) is 0. The number of anilines is 1. The second kappa shape index (κ2) is 9.00. The molecule has 7 nitrogen and oxygen atoms in total. The van der Waals surface area contributed by atoms with Gasteiger partial charge in [0.1, 0.15) is 0 Å². The Morgan fingerprint density at radius 1 is 1.17 bits per heavy atom. The first-order valence-electron chi connectivity index (χ1n) is 8.17. The van der Waals surface area contributed by atoms with Gasteiger partial charge < -0.3 is 15.0 Å². The number of hydrogen-bond acceptors (Lipinski definition) is 4. The van der Waals surface area contributed by atoms with Gasteiger partial charge in [0, 0.05) is 39.0 Å². The average Bonchev–Trinajstić information content (AvgIpc) is 2.60. The molecular formula is C16H25N3O4S. The lowest BCUT2D eigenvalue weighted by Crippen LogP contribution is -2.38. The Kier molecular flexibility index (Phi) is 7.01. The molecule has 1 aromatic carbocycles. The van der Waals surface area contributed by atoms with E-state index in [2.05, 4.69) is 10.0 Å². The Balaban J connectivity index is 1.90. The van der Waals surface area contributed by atoms with E-state index in [1.165, 1.54) is 12.1 Å². The number of benzene rings is 1. The van der Waals surface area contributed by atoms with Crippen molar-refractivity contribution in [1.82, 2.24) is 9.62 Å². The number of carbonyl (C=O) groups excluding carboxylic acids is 1. The molecule has 1 fully saturated rings. The number of likely N-dealkylation sites (tertiary alicyclic amines) is 1. The minimum absolute atomic E-state index is 0.136. The van der Waals surface area contributed by atoms with Crippen LogP contribution in [-0.2, 0) is 14.8 Å². The van der Waals surface area contributed by atoms with Gasteiger partial charge in [0.25, 0.3) is 0 Å². The highest BCUT2D eigenvalue weighted by Gasteiger charge is 2.17. The van der Waals surface area contributed by atoms with Crippen molar-refractivity contribution in [1.29, 1.82) is 0 Å². The normalized spacial score (nSPS) is 15.3. The molecule has 24 heavy (non-hydrogen) atoms. The van der Waals surface area contributed by atoms with Crippen molar-refractivity contribution in [2.24, 2.45) is 0 Å². The molecule has 0 unspecified atom stereocenters. The van der Waals surface area contributed by atoms with Crippen LogP contribution in [0.1, 0.15) is 25.7 Å². The van der Waals surface area contributed by atoms with Crippen LogP contribution in [0.2, 0.25) is 0 Å². The van der Waals surface area contributed by atoms with Gasteiger partial charge in [-0.1, -0.05) is 0 Å². The predicted molar refractivity (Wildman–Crippen MR) is 92.6 cm³/mol. The number of methoxy groups -OCH3 is 1. The van der Waals surface area contributed by atoms with Crippen LogP contribution < -0.4 is 10.0 Å². The average molecular weight is 355 g/mol.